The van der Waals surface area contributed by atoms with Crippen LogP contribution in [-0.4, -0.2) is 36.2 Å². The fourth-order valence-corrected chi connectivity index (χ4v) is 6.90. The number of amides is 1. The Kier molecular flexibility index (Phi) is 5.22. The predicted molar refractivity (Wildman–Crippen MR) is 117 cm³/mol. The number of nitrogens with zero attached hydrogens (tertiary/aromatic N) is 2. The fourth-order valence-electron chi connectivity index (χ4n) is 5.07. The fraction of sp³-hybridized carbons (Fsp3) is 0.524. The van der Waals surface area contributed by atoms with Crippen molar-refractivity contribution in [1.29, 1.82) is 0 Å². The highest BCUT2D eigenvalue weighted by molar-refractivity contribution is 7.87. The van der Waals surface area contributed by atoms with Crippen molar-refractivity contribution in [3.63, 3.8) is 0 Å². The van der Waals surface area contributed by atoms with Gasteiger partial charge in [-0.2, -0.15) is 17.7 Å². The summed E-state index contributed by atoms with van der Waals surface area (Å²) < 4.78 is 33.9. The number of benzene rings is 1. The van der Waals surface area contributed by atoms with Gasteiger partial charge in [-0.15, -0.1) is 0 Å². The molecule has 8 nitrogen and oxygen atoms in total. The lowest BCUT2D eigenvalue weighted by Gasteiger charge is -2.20. The van der Waals surface area contributed by atoms with Crippen molar-refractivity contribution in [2.24, 2.45) is 0 Å². The van der Waals surface area contributed by atoms with Gasteiger partial charge in [0, 0.05) is 23.3 Å². The lowest BCUT2D eigenvalue weighted by atomic mass is 9.98. The Morgan fingerprint density at radius 2 is 1.77 bits per heavy atom. The molecule has 166 valence electrons. The van der Waals surface area contributed by atoms with Crippen molar-refractivity contribution in [3.8, 4) is 0 Å². The summed E-state index contributed by atoms with van der Waals surface area (Å²) >= 11 is 6.67. The van der Waals surface area contributed by atoms with E-state index in [-0.39, 0.29) is 17.8 Å². The minimum Gasteiger partial charge on any atom is -0.431 e. The first-order valence-corrected chi connectivity index (χ1v) is 12.6. The largest absolute Gasteiger partial charge is 0.431 e. The number of nitrogens with one attached hydrogen (secondary N) is 2. The molecule has 5 rings (SSSR count). The smallest absolute Gasteiger partial charge is 0.304 e. The van der Waals surface area contributed by atoms with Crippen molar-refractivity contribution in [2.75, 3.05) is 11.9 Å². The third-order valence-electron chi connectivity index (χ3n) is 6.56. The molecule has 10 heteroatoms. The van der Waals surface area contributed by atoms with Crippen LogP contribution in [0.1, 0.15) is 65.3 Å². The normalized spacial score (nSPS) is 20.6. The molecule has 2 N–H and O–H groups in total. The molecule has 0 unspecified atom stereocenters. The molecule has 1 aromatic heterocycles. The van der Waals surface area contributed by atoms with E-state index in [9.17, 15) is 13.2 Å². The van der Waals surface area contributed by atoms with Crippen molar-refractivity contribution >= 4 is 39.4 Å². The predicted octanol–water partition coefficient (Wildman–Crippen LogP) is 3.51. The molecular weight excluding hydrogens is 440 g/mol. The molecule has 2 aromatic rings. The molecule has 1 saturated heterocycles. The molecule has 2 heterocycles. The number of carbonyl (C=O) groups is 1. The van der Waals surface area contributed by atoms with Gasteiger partial charge in [-0.05, 0) is 80.5 Å². The second kappa shape index (κ2) is 7.79. The molecule has 1 aliphatic heterocycles. The molecule has 1 amide bonds. The van der Waals surface area contributed by atoms with Crippen LogP contribution in [0.25, 0.3) is 0 Å². The van der Waals surface area contributed by atoms with Crippen molar-refractivity contribution in [2.45, 2.75) is 64.3 Å². The van der Waals surface area contributed by atoms with Gasteiger partial charge < -0.3 is 9.73 Å². The number of halogens is 1. The minimum absolute atomic E-state index is 0.0832. The minimum atomic E-state index is -3.91. The van der Waals surface area contributed by atoms with E-state index in [1.54, 1.807) is 0 Å². The molecule has 0 spiro atoms. The number of hydrogen-bond donors (Lipinski definition) is 2. The van der Waals surface area contributed by atoms with Crippen LogP contribution in [0, 0.1) is 0 Å². The van der Waals surface area contributed by atoms with Gasteiger partial charge in [-0.1, -0.05) is 11.6 Å². The zero-order valence-corrected chi connectivity index (χ0v) is 18.9. The lowest BCUT2D eigenvalue weighted by Crippen LogP contribution is -2.44. The second-order valence-electron chi connectivity index (χ2n) is 8.51. The maximum atomic E-state index is 12.5. The van der Waals surface area contributed by atoms with Crippen molar-refractivity contribution < 1.29 is 17.6 Å². The highest BCUT2D eigenvalue weighted by Gasteiger charge is 2.33. The van der Waals surface area contributed by atoms with Crippen LogP contribution < -0.4 is 10.0 Å². The Balaban J connectivity index is 1.37. The van der Waals surface area contributed by atoms with Crippen LogP contribution >= 0.6 is 11.6 Å². The quantitative estimate of drug-likeness (QED) is 0.701. The van der Waals surface area contributed by atoms with E-state index < -0.39 is 16.1 Å². The Bertz CT molecular complexity index is 1130. The first-order valence-electron chi connectivity index (χ1n) is 10.8. The number of carbonyl (C=O) groups excluding carboxylic acids is 1. The summed E-state index contributed by atoms with van der Waals surface area (Å²) in [5.41, 5.74) is 5.68. The number of fused-ring (bicyclic) bond motifs is 2. The number of oxazole rings is 1. The SMILES string of the molecule is C[C@H]1CCCN1S(=O)(=O)NC(=O)c1coc(Nc2c3c(c(Cl)c4c2CCC4)CCC3)n1. The van der Waals surface area contributed by atoms with Crippen LogP contribution in [0.4, 0.5) is 11.7 Å². The van der Waals surface area contributed by atoms with Crippen LogP contribution in [0.3, 0.4) is 0 Å². The van der Waals surface area contributed by atoms with Crippen LogP contribution in [-0.2, 0) is 35.9 Å². The number of aromatic nitrogens is 1. The Morgan fingerprint density at radius 3 is 2.39 bits per heavy atom. The van der Waals surface area contributed by atoms with Gasteiger partial charge in [0.05, 0.1) is 0 Å². The maximum absolute atomic E-state index is 12.5. The van der Waals surface area contributed by atoms with Crippen molar-refractivity contribution in [1.82, 2.24) is 14.0 Å². The molecular formula is C21H25ClN4O4S. The lowest BCUT2D eigenvalue weighted by molar-refractivity contribution is 0.0974. The highest BCUT2D eigenvalue weighted by atomic mass is 35.5. The van der Waals surface area contributed by atoms with Gasteiger partial charge in [0.1, 0.15) is 6.26 Å². The molecule has 0 saturated carbocycles. The van der Waals surface area contributed by atoms with Gasteiger partial charge in [0.15, 0.2) is 5.69 Å². The van der Waals surface area contributed by atoms with E-state index in [0.717, 1.165) is 62.1 Å². The Labute approximate surface area is 186 Å². The molecule has 1 atom stereocenters. The summed E-state index contributed by atoms with van der Waals surface area (Å²) in [5, 5.41) is 4.16. The van der Waals surface area contributed by atoms with Gasteiger partial charge >= 0.3 is 10.2 Å². The third kappa shape index (κ3) is 3.62. The van der Waals surface area contributed by atoms with E-state index in [2.05, 4.69) is 15.0 Å². The molecule has 0 bridgehead atoms. The van der Waals surface area contributed by atoms with Gasteiger partial charge in [-0.3, -0.25) is 4.79 Å². The van der Waals surface area contributed by atoms with Crippen LogP contribution in [0.15, 0.2) is 10.7 Å². The summed E-state index contributed by atoms with van der Waals surface area (Å²) in [6, 6.07) is 0.0385. The molecule has 1 aromatic carbocycles. The highest BCUT2D eigenvalue weighted by Crippen LogP contribution is 2.44. The van der Waals surface area contributed by atoms with E-state index in [1.165, 1.54) is 32.8 Å². The van der Waals surface area contributed by atoms with Crippen molar-refractivity contribution in [3.05, 3.63) is 39.2 Å². The maximum Gasteiger partial charge on any atom is 0.304 e. The summed E-state index contributed by atoms with van der Waals surface area (Å²) in [7, 11) is -3.91. The molecule has 31 heavy (non-hydrogen) atoms. The monoisotopic (exact) mass is 464 g/mol. The zero-order valence-electron chi connectivity index (χ0n) is 17.3. The average molecular weight is 465 g/mol. The van der Waals surface area contributed by atoms with E-state index in [4.69, 9.17) is 16.0 Å². The Hall–Kier alpha value is -2.10. The van der Waals surface area contributed by atoms with Crippen LogP contribution in [0.2, 0.25) is 5.02 Å². The van der Waals surface area contributed by atoms with E-state index >= 15 is 0 Å². The third-order valence-corrected chi connectivity index (χ3v) is 8.62. The van der Waals surface area contributed by atoms with E-state index in [1.807, 2.05) is 6.92 Å². The molecule has 1 fully saturated rings. The zero-order chi connectivity index (χ0) is 21.8. The molecule has 0 radical (unpaired) electrons. The molecule has 2 aliphatic carbocycles. The topological polar surface area (TPSA) is 105 Å². The van der Waals surface area contributed by atoms with E-state index in [0.29, 0.717) is 6.54 Å². The summed E-state index contributed by atoms with van der Waals surface area (Å²) in [6.45, 7) is 2.24. The summed E-state index contributed by atoms with van der Waals surface area (Å²) in [6.07, 6.45) is 8.64. The standard InChI is InChI=1S/C21H25ClN4O4S/c1-12-5-4-10-26(12)31(28,29)25-20(27)17-11-30-21(23-17)24-19-15-8-2-6-13(15)18(22)14-7-3-9-16(14)19/h11-12H,2-10H2,1H3,(H,23,24)(H,25,27)/t12-/m0/s1. The summed E-state index contributed by atoms with van der Waals surface area (Å²) in [5.74, 6) is -0.803. The second-order valence-corrected chi connectivity index (χ2v) is 10.5. The average Bonchev–Trinajstić information content (AvgIpc) is 3.51. The first kappa shape index (κ1) is 20.8. The van der Waals surface area contributed by atoms with Crippen LogP contribution in [0.5, 0.6) is 0 Å². The Morgan fingerprint density at radius 1 is 1.13 bits per heavy atom. The van der Waals surface area contributed by atoms with Gasteiger partial charge in [0.2, 0.25) is 0 Å². The molecule has 3 aliphatic rings. The summed E-state index contributed by atoms with van der Waals surface area (Å²) in [4.78, 5) is 16.7. The van der Waals surface area contributed by atoms with Gasteiger partial charge in [-0.25, -0.2) is 4.72 Å². The first-order chi connectivity index (χ1) is 14.8. The number of hydrogen-bond acceptors (Lipinski definition) is 6. The number of anilines is 2. The van der Waals surface area contributed by atoms with Gasteiger partial charge in [0.25, 0.3) is 11.9 Å². The number of rotatable bonds is 5.